The molecule has 0 saturated carbocycles. The molecule has 2 heterocycles. The van der Waals surface area contributed by atoms with Crippen LogP contribution in [0.5, 0.6) is 0 Å². The molecule has 1 aliphatic rings. The molecule has 19 heavy (non-hydrogen) atoms. The van der Waals surface area contributed by atoms with Gasteiger partial charge in [-0.2, -0.15) is 5.10 Å². The molecule has 0 radical (unpaired) electrons. The van der Waals surface area contributed by atoms with Gasteiger partial charge in [0, 0.05) is 37.7 Å². The average molecular weight is 265 g/mol. The minimum absolute atomic E-state index is 0.0366. The number of hydrogen-bond donors (Lipinski definition) is 1. The molecular weight excluding hydrogens is 246 g/mol. The lowest BCUT2D eigenvalue weighted by Crippen LogP contribution is -2.36. The lowest BCUT2D eigenvalue weighted by atomic mass is 10.0. The van der Waals surface area contributed by atoms with E-state index in [1.165, 1.54) is 6.92 Å². The van der Waals surface area contributed by atoms with Gasteiger partial charge >= 0.3 is 5.97 Å². The van der Waals surface area contributed by atoms with Crippen molar-refractivity contribution >= 4 is 11.9 Å². The number of fused-ring (bicyclic) bond motifs is 1. The first-order valence-electron chi connectivity index (χ1n) is 6.32. The summed E-state index contributed by atoms with van der Waals surface area (Å²) in [6.07, 6.45) is 0.645. The Morgan fingerprint density at radius 3 is 2.42 bits per heavy atom. The van der Waals surface area contributed by atoms with E-state index < -0.39 is 5.97 Å². The fourth-order valence-electron chi connectivity index (χ4n) is 2.41. The van der Waals surface area contributed by atoms with Crippen molar-refractivity contribution in [3.05, 3.63) is 17.0 Å². The lowest BCUT2D eigenvalue weighted by Gasteiger charge is -2.29. The van der Waals surface area contributed by atoms with Gasteiger partial charge in [-0.05, 0) is 20.8 Å². The maximum Gasteiger partial charge on any atom is 0.356 e. The Balaban J connectivity index is 2.53. The normalized spacial score (nSPS) is 15.3. The summed E-state index contributed by atoms with van der Waals surface area (Å²) in [5.74, 6) is -1.07. The van der Waals surface area contributed by atoms with Crippen molar-refractivity contribution in [2.45, 2.75) is 46.2 Å². The summed E-state index contributed by atoms with van der Waals surface area (Å²) in [7, 11) is 0. The van der Waals surface area contributed by atoms with Crippen LogP contribution in [0.4, 0.5) is 0 Å². The summed E-state index contributed by atoms with van der Waals surface area (Å²) < 4.78 is 1.78. The minimum atomic E-state index is -1.04. The number of carboxylic acids is 1. The number of aromatic carboxylic acids is 1. The molecular formula is C13H19N3O3. The highest BCUT2D eigenvalue weighted by Crippen LogP contribution is 2.27. The van der Waals surface area contributed by atoms with E-state index in [1.807, 2.05) is 20.8 Å². The van der Waals surface area contributed by atoms with Crippen molar-refractivity contribution in [1.82, 2.24) is 14.7 Å². The van der Waals surface area contributed by atoms with Crippen molar-refractivity contribution in [1.29, 1.82) is 0 Å². The van der Waals surface area contributed by atoms with Crippen LogP contribution in [0.2, 0.25) is 0 Å². The van der Waals surface area contributed by atoms with Crippen LogP contribution in [0.15, 0.2) is 0 Å². The highest BCUT2D eigenvalue weighted by Gasteiger charge is 2.32. The number of hydrogen-bond acceptors (Lipinski definition) is 3. The zero-order valence-corrected chi connectivity index (χ0v) is 11.7. The van der Waals surface area contributed by atoms with Crippen LogP contribution in [0.25, 0.3) is 0 Å². The number of carbonyl (C=O) groups is 2. The lowest BCUT2D eigenvalue weighted by molar-refractivity contribution is -0.129. The van der Waals surface area contributed by atoms with Gasteiger partial charge in [0.2, 0.25) is 5.91 Å². The summed E-state index contributed by atoms with van der Waals surface area (Å²) in [6.45, 7) is 8.42. The van der Waals surface area contributed by atoms with Crippen molar-refractivity contribution in [3.63, 3.8) is 0 Å². The third-order valence-electron chi connectivity index (χ3n) is 3.34. The molecule has 1 amide bonds. The van der Waals surface area contributed by atoms with Gasteiger partial charge in [-0.1, -0.05) is 0 Å². The van der Waals surface area contributed by atoms with Gasteiger partial charge in [-0.15, -0.1) is 0 Å². The van der Waals surface area contributed by atoms with Gasteiger partial charge in [-0.25, -0.2) is 4.79 Å². The van der Waals surface area contributed by atoms with Gasteiger partial charge < -0.3 is 10.0 Å². The molecule has 6 heteroatoms. The van der Waals surface area contributed by atoms with Crippen LogP contribution in [0.1, 0.15) is 49.4 Å². The Morgan fingerprint density at radius 2 is 1.95 bits per heavy atom. The second-order valence-electron chi connectivity index (χ2n) is 5.85. The Labute approximate surface area is 112 Å². The van der Waals surface area contributed by atoms with E-state index in [2.05, 4.69) is 5.10 Å². The number of carbonyl (C=O) groups excluding carboxylic acids is 1. The van der Waals surface area contributed by atoms with Crippen LogP contribution in [0, 0.1) is 0 Å². The van der Waals surface area contributed by atoms with Crippen LogP contribution in [-0.2, 0) is 23.3 Å². The van der Waals surface area contributed by atoms with E-state index in [9.17, 15) is 14.7 Å². The van der Waals surface area contributed by atoms with Gasteiger partial charge in [0.1, 0.15) is 0 Å². The van der Waals surface area contributed by atoms with Gasteiger partial charge in [0.25, 0.3) is 0 Å². The monoisotopic (exact) mass is 265 g/mol. The van der Waals surface area contributed by atoms with Gasteiger partial charge in [0.05, 0.1) is 5.54 Å². The van der Waals surface area contributed by atoms with Crippen molar-refractivity contribution in [2.75, 3.05) is 6.54 Å². The molecule has 1 aromatic heterocycles. The largest absolute Gasteiger partial charge is 0.476 e. The number of nitrogens with zero attached hydrogens (tertiary/aromatic N) is 3. The summed E-state index contributed by atoms with van der Waals surface area (Å²) in [5.41, 5.74) is 1.40. The van der Waals surface area contributed by atoms with Crippen LogP contribution < -0.4 is 0 Å². The van der Waals surface area contributed by atoms with E-state index in [0.717, 1.165) is 5.69 Å². The Bertz CT molecular complexity index is 540. The number of carboxylic acid groups (broad SMARTS) is 1. The van der Waals surface area contributed by atoms with E-state index in [-0.39, 0.29) is 17.1 Å². The van der Waals surface area contributed by atoms with E-state index in [4.69, 9.17) is 0 Å². The molecule has 0 aromatic carbocycles. The van der Waals surface area contributed by atoms with Crippen molar-refractivity contribution in [2.24, 2.45) is 0 Å². The number of rotatable bonds is 1. The van der Waals surface area contributed by atoms with Crippen LogP contribution in [0.3, 0.4) is 0 Å². The quantitative estimate of drug-likeness (QED) is 0.829. The van der Waals surface area contributed by atoms with E-state index >= 15 is 0 Å². The summed E-state index contributed by atoms with van der Waals surface area (Å²) in [5, 5.41) is 13.5. The zero-order valence-electron chi connectivity index (χ0n) is 11.7. The highest BCUT2D eigenvalue weighted by molar-refractivity contribution is 5.88. The molecule has 104 valence electrons. The Kier molecular flexibility index (Phi) is 3.12. The third kappa shape index (κ3) is 2.34. The highest BCUT2D eigenvalue weighted by atomic mass is 16.4. The fourth-order valence-corrected chi connectivity index (χ4v) is 2.41. The predicted molar refractivity (Wildman–Crippen MR) is 69.0 cm³/mol. The molecule has 0 aliphatic carbocycles. The first-order valence-corrected chi connectivity index (χ1v) is 6.32. The molecule has 0 spiro atoms. The first kappa shape index (κ1) is 13.6. The molecule has 1 aliphatic heterocycles. The van der Waals surface area contributed by atoms with Crippen molar-refractivity contribution < 1.29 is 14.7 Å². The summed E-state index contributed by atoms with van der Waals surface area (Å²) in [4.78, 5) is 24.4. The molecule has 6 nitrogen and oxygen atoms in total. The Morgan fingerprint density at radius 1 is 1.32 bits per heavy atom. The second-order valence-corrected chi connectivity index (χ2v) is 5.85. The average Bonchev–Trinajstić information content (AvgIpc) is 2.66. The topological polar surface area (TPSA) is 75.4 Å². The maximum atomic E-state index is 11.4. The van der Waals surface area contributed by atoms with Crippen molar-refractivity contribution in [3.8, 4) is 0 Å². The zero-order chi connectivity index (χ0) is 14.4. The third-order valence-corrected chi connectivity index (χ3v) is 3.34. The minimum Gasteiger partial charge on any atom is -0.476 e. The number of amides is 1. The SMILES string of the molecule is CC(=O)N1CCc2c(c(C(=O)O)nn2C(C)(C)C)C1. The van der Waals surface area contributed by atoms with Gasteiger partial charge in [-0.3, -0.25) is 9.48 Å². The van der Waals surface area contributed by atoms with Gasteiger partial charge in [0.15, 0.2) is 5.69 Å². The molecule has 0 atom stereocenters. The molecule has 0 fully saturated rings. The molecule has 0 saturated heterocycles. The maximum absolute atomic E-state index is 11.4. The molecule has 0 unspecified atom stereocenters. The molecule has 0 bridgehead atoms. The predicted octanol–water partition coefficient (Wildman–Crippen LogP) is 1.24. The Hall–Kier alpha value is -1.85. The smallest absolute Gasteiger partial charge is 0.356 e. The first-order chi connectivity index (χ1) is 8.71. The van der Waals surface area contributed by atoms with E-state index in [1.54, 1.807) is 9.58 Å². The van der Waals surface area contributed by atoms with Crippen LogP contribution >= 0.6 is 0 Å². The summed E-state index contributed by atoms with van der Waals surface area (Å²) >= 11 is 0. The fraction of sp³-hybridized carbons (Fsp3) is 0.615. The standard InChI is InChI=1S/C13H19N3O3/c1-8(17)15-6-5-10-9(7-15)11(12(18)19)14-16(10)13(2,3)4/h5-7H2,1-4H3,(H,18,19). The number of aromatic nitrogens is 2. The van der Waals surface area contributed by atoms with E-state index in [0.29, 0.717) is 25.1 Å². The van der Waals surface area contributed by atoms with Crippen LogP contribution in [-0.4, -0.2) is 38.2 Å². The molecule has 1 aromatic rings. The second kappa shape index (κ2) is 4.36. The summed E-state index contributed by atoms with van der Waals surface area (Å²) in [6, 6.07) is 0. The molecule has 1 N–H and O–H groups in total. The molecule has 2 rings (SSSR count).